The molecule has 0 spiro atoms. The number of nitrogens with one attached hydrogen (secondary N) is 1. The van der Waals surface area contributed by atoms with Crippen molar-refractivity contribution < 1.29 is 24.6 Å². The molecular weight excluding hydrogens is 264 g/mol. The molecule has 0 fully saturated rings. The number of benzene rings is 1. The Labute approximate surface area is 116 Å². The normalized spacial score (nSPS) is 7.90. The predicted molar refractivity (Wildman–Crippen MR) is 76.3 cm³/mol. The number of amides is 1. The van der Waals surface area contributed by atoms with E-state index in [0.29, 0.717) is 11.4 Å². The van der Waals surface area contributed by atoms with E-state index in [1.807, 2.05) is 0 Å². The Morgan fingerprint density at radius 1 is 1.10 bits per heavy atom. The fourth-order valence-corrected chi connectivity index (χ4v) is 0.760. The van der Waals surface area contributed by atoms with Gasteiger partial charge in [-0.05, 0) is 30.3 Å². The highest BCUT2D eigenvalue weighted by atomic mass is 16.4. The maximum atomic E-state index is 10.8. The molecule has 0 atom stereocenters. The van der Waals surface area contributed by atoms with Crippen molar-refractivity contribution >= 4 is 29.2 Å². The monoisotopic (exact) mass is 282 g/mol. The molecule has 0 aromatic heterocycles. The lowest BCUT2D eigenvalue weighted by atomic mass is 10.3. The van der Waals surface area contributed by atoms with E-state index in [2.05, 4.69) is 11.9 Å². The molecule has 110 valence electrons. The second kappa shape index (κ2) is 11.3. The van der Waals surface area contributed by atoms with Gasteiger partial charge in [0.05, 0.1) is 0 Å². The zero-order valence-corrected chi connectivity index (χ0v) is 11.3. The van der Waals surface area contributed by atoms with E-state index >= 15 is 0 Å². The highest BCUT2D eigenvalue weighted by Gasteiger charge is 1.94. The number of rotatable bonds is 2. The van der Waals surface area contributed by atoms with Crippen LogP contribution in [-0.4, -0.2) is 28.1 Å². The van der Waals surface area contributed by atoms with Gasteiger partial charge in [-0.25, -0.2) is 0 Å². The Balaban J connectivity index is 0. The molecule has 0 saturated carbocycles. The predicted octanol–water partition coefficient (Wildman–Crippen LogP) is 1.58. The second-order valence-electron chi connectivity index (χ2n) is 3.35. The quantitative estimate of drug-likeness (QED) is 0.481. The van der Waals surface area contributed by atoms with Crippen LogP contribution in [0.1, 0.15) is 13.8 Å². The van der Waals surface area contributed by atoms with Crippen LogP contribution < -0.4 is 11.1 Å². The Bertz CT molecular complexity index is 434. The van der Waals surface area contributed by atoms with E-state index in [4.69, 9.17) is 25.5 Å². The highest BCUT2D eigenvalue weighted by molar-refractivity contribution is 5.98. The summed E-state index contributed by atoms with van der Waals surface area (Å²) in [6, 6.07) is 6.91. The van der Waals surface area contributed by atoms with E-state index in [9.17, 15) is 4.79 Å². The molecule has 5 N–H and O–H groups in total. The first-order valence-corrected chi connectivity index (χ1v) is 5.37. The first kappa shape index (κ1) is 19.5. The molecule has 0 aliphatic rings. The van der Waals surface area contributed by atoms with E-state index in [0.717, 1.165) is 13.8 Å². The average molecular weight is 282 g/mol. The average Bonchev–Trinajstić information content (AvgIpc) is 2.30. The molecule has 0 saturated heterocycles. The molecule has 1 aromatic carbocycles. The largest absolute Gasteiger partial charge is 0.481 e. The minimum Gasteiger partial charge on any atom is -0.481 e. The van der Waals surface area contributed by atoms with Crippen LogP contribution in [0, 0.1) is 0 Å². The summed E-state index contributed by atoms with van der Waals surface area (Å²) in [5.41, 5.74) is 6.85. The summed E-state index contributed by atoms with van der Waals surface area (Å²) in [6.07, 6.45) is 1.22. The maximum Gasteiger partial charge on any atom is 0.300 e. The zero-order chi connectivity index (χ0) is 16.1. The molecule has 1 rings (SSSR count). The van der Waals surface area contributed by atoms with Crippen LogP contribution in [0.4, 0.5) is 11.4 Å². The number of carboxylic acid groups (broad SMARTS) is 2. The molecule has 7 heteroatoms. The second-order valence-corrected chi connectivity index (χ2v) is 3.35. The third-order valence-electron chi connectivity index (χ3n) is 1.36. The number of anilines is 2. The molecule has 1 amide bonds. The number of nitrogens with two attached hydrogens (primary N) is 1. The van der Waals surface area contributed by atoms with Crippen LogP contribution in [0.2, 0.25) is 0 Å². The lowest BCUT2D eigenvalue weighted by Gasteiger charge is -2.00. The maximum absolute atomic E-state index is 10.8. The number of carbonyl (C=O) groups is 3. The summed E-state index contributed by atoms with van der Waals surface area (Å²) in [5.74, 6) is -1.89. The van der Waals surface area contributed by atoms with E-state index < -0.39 is 11.9 Å². The van der Waals surface area contributed by atoms with Crippen molar-refractivity contribution in [1.29, 1.82) is 0 Å². The fourth-order valence-electron chi connectivity index (χ4n) is 0.760. The lowest BCUT2D eigenvalue weighted by Crippen LogP contribution is -2.06. The van der Waals surface area contributed by atoms with Gasteiger partial charge in [-0.3, -0.25) is 14.4 Å². The van der Waals surface area contributed by atoms with Crippen LogP contribution in [0.15, 0.2) is 36.9 Å². The molecule has 20 heavy (non-hydrogen) atoms. The molecule has 0 bridgehead atoms. The van der Waals surface area contributed by atoms with Gasteiger partial charge >= 0.3 is 0 Å². The minimum atomic E-state index is -0.833. The van der Waals surface area contributed by atoms with Crippen molar-refractivity contribution in [2.24, 2.45) is 0 Å². The minimum absolute atomic E-state index is 0.222. The summed E-state index contributed by atoms with van der Waals surface area (Å²) in [4.78, 5) is 28.8. The Kier molecular flexibility index (Phi) is 11.0. The lowest BCUT2D eigenvalue weighted by molar-refractivity contribution is -0.135. The molecular formula is C13H18N2O5. The molecule has 0 aliphatic carbocycles. The fraction of sp³-hybridized carbons (Fsp3) is 0.154. The number of hydrogen-bond donors (Lipinski definition) is 4. The standard InChI is InChI=1S/C9H10N2O.2C2H4O2/c1-2-9(12)11-8-5-3-7(10)4-6-8;2*1-2(3)4/h2-6H,1,10H2,(H,11,12);2*1H3,(H,3,4). The third kappa shape index (κ3) is 17.6. The topological polar surface area (TPSA) is 130 Å². The molecule has 0 aliphatic heterocycles. The first-order valence-electron chi connectivity index (χ1n) is 5.37. The van der Waals surface area contributed by atoms with Crippen LogP contribution in [0.5, 0.6) is 0 Å². The molecule has 0 radical (unpaired) electrons. The van der Waals surface area contributed by atoms with Gasteiger partial charge in [0.25, 0.3) is 11.9 Å². The van der Waals surface area contributed by atoms with Gasteiger partial charge in [0.15, 0.2) is 0 Å². The van der Waals surface area contributed by atoms with Crippen LogP contribution in [0.25, 0.3) is 0 Å². The molecule has 7 nitrogen and oxygen atoms in total. The Morgan fingerprint density at radius 3 is 1.75 bits per heavy atom. The van der Waals surface area contributed by atoms with Crippen LogP contribution in [-0.2, 0) is 14.4 Å². The summed E-state index contributed by atoms with van der Waals surface area (Å²) in [5, 5.41) is 17.4. The number of hydrogen-bond acceptors (Lipinski definition) is 4. The van der Waals surface area contributed by atoms with Crippen molar-refractivity contribution in [1.82, 2.24) is 0 Å². The third-order valence-corrected chi connectivity index (χ3v) is 1.36. The Hall–Kier alpha value is -2.83. The van der Waals surface area contributed by atoms with Crippen molar-refractivity contribution in [3.8, 4) is 0 Å². The molecule has 0 unspecified atom stereocenters. The van der Waals surface area contributed by atoms with Crippen LogP contribution >= 0.6 is 0 Å². The van der Waals surface area contributed by atoms with Crippen molar-refractivity contribution in [2.75, 3.05) is 11.1 Å². The number of nitrogen functional groups attached to an aromatic ring is 1. The first-order chi connectivity index (χ1) is 9.18. The number of carboxylic acids is 2. The van der Waals surface area contributed by atoms with Gasteiger partial charge < -0.3 is 21.3 Å². The molecule has 1 aromatic rings. The highest BCUT2D eigenvalue weighted by Crippen LogP contribution is 2.09. The van der Waals surface area contributed by atoms with Gasteiger partial charge in [0.2, 0.25) is 5.91 Å². The van der Waals surface area contributed by atoms with Crippen LogP contribution in [0.3, 0.4) is 0 Å². The summed E-state index contributed by atoms with van der Waals surface area (Å²) >= 11 is 0. The summed E-state index contributed by atoms with van der Waals surface area (Å²) in [6.45, 7) is 5.50. The van der Waals surface area contributed by atoms with E-state index in [-0.39, 0.29) is 5.91 Å². The number of aliphatic carboxylic acids is 2. The van der Waals surface area contributed by atoms with E-state index in [1.165, 1.54) is 6.08 Å². The van der Waals surface area contributed by atoms with Gasteiger partial charge in [-0.1, -0.05) is 6.58 Å². The van der Waals surface area contributed by atoms with Gasteiger partial charge in [0, 0.05) is 25.2 Å². The van der Waals surface area contributed by atoms with E-state index in [1.54, 1.807) is 24.3 Å². The Morgan fingerprint density at radius 2 is 1.45 bits per heavy atom. The molecule has 0 heterocycles. The van der Waals surface area contributed by atoms with Gasteiger partial charge in [-0.15, -0.1) is 0 Å². The SMILES string of the molecule is C=CC(=O)Nc1ccc(N)cc1.CC(=O)O.CC(=O)O. The van der Waals surface area contributed by atoms with Crippen molar-refractivity contribution in [3.05, 3.63) is 36.9 Å². The van der Waals surface area contributed by atoms with Gasteiger partial charge in [-0.2, -0.15) is 0 Å². The summed E-state index contributed by atoms with van der Waals surface area (Å²) < 4.78 is 0. The van der Waals surface area contributed by atoms with Gasteiger partial charge in [0.1, 0.15) is 0 Å². The van der Waals surface area contributed by atoms with Crippen molar-refractivity contribution in [2.45, 2.75) is 13.8 Å². The van der Waals surface area contributed by atoms with Crippen molar-refractivity contribution in [3.63, 3.8) is 0 Å². The summed E-state index contributed by atoms with van der Waals surface area (Å²) in [7, 11) is 0. The smallest absolute Gasteiger partial charge is 0.300 e. The number of carbonyl (C=O) groups excluding carboxylic acids is 1. The zero-order valence-electron chi connectivity index (χ0n) is 11.3.